The van der Waals surface area contributed by atoms with Crippen molar-refractivity contribution in [1.82, 2.24) is 9.97 Å². The third kappa shape index (κ3) is 2.19. The van der Waals surface area contributed by atoms with Crippen molar-refractivity contribution in [1.29, 1.82) is 0 Å². The Labute approximate surface area is 108 Å². The molecule has 0 aliphatic carbocycles. The molecular formula is C12H11FN2O2S. The molecule has 6 heteroatoms. The van der Waals surface area contributed by atoms with E-state index in [4.69, 9.17) is 21.7 Å². The number of aromatic nitrogens is 2. The highest BCUT2D eigenvalue weighted by Gasteiger charge is 2.11. The molecule has 0 bridgehead atoms. The Balaban J connectivity index is 2.58. The predicted molar refractivity (Wildman–Crippen MR) is 67.9 cm³/mol. The van der Waals surface area contributed by atoms with Crippen LogP contribution in [0, 0.1) is 10.5 Å². The molecule has 0 aliphatic rings. The van der Waals surface area contributed by atoms with Gasteiger partial charge >= 0.3 is 0 Å². The standard InChI is InChI=1S/C12H11FN2O2S/c1-16-8-4-3-7(5-9(8)17-2)11-10(13)12(18)15-6-14-11/h3-6H,1-2H3,(H,14,15,18). The minimum Gasteiger partial charge on any atom is -0.493 e. The van der Waals surface area contributed by atoms with E-state index in [1.807, 2.05) is 0 Å². The topological polar surface area (TPSA) is 47.1 Å². The average Bonchev–Trinajstić information content (AvgIpc) is 2.41. The van der Waals surface area contributed by atoms with Gasteiger partial charge in [-0.2, -0.15) is 0 Å². The Hall–Kier alpha value is -1.95. The SMILES string of the molecule is COc1ccc(-c2[nH]cnc(=S)c2F)cc1OC. The van der Waals surface area contributed by atoms with E-state index < -0.39 is 5.82 Å². The molecule has 1 heterocycles. The van der Waals surface area contributed by atoms with E-state index in [1.54, 1.807) is 18.2 Å². The molecule has 0 spiro atoms. The molecule has 4 nitrogen and oxygen atoms in total. The number of halogens is 1. The smallest absolute Gasteiger partial charge is 0.183 e. The van der Waals surface area contributed by atoms with E-state index in [2.05, 4.69) is 9.97 Å². The summed E-state index contributed by atoms with van der Waals surface area (Å²) in [6.07, 6.45) is 1.36. The van der Waals surface area contributed by atoms with Crippen molar-refractivity contribution in [3.05, 3.63) is 35.0 Å². The highest BCUT2D eigenvalue weighted by molar-refractivity contribution is 7.71. The molecule has 0 saturated carbocycles. The second kappa shape index (κ2) is 5.14. The molecular weight excluding hydrogens is 255 g/mol. The van der Waals surface area contributed by atoms with Gasteiger partial charge in [-0.1, -0.05) is 12.2 Å². The number of nitrogens with one attached hydrogen (secondary N) is 1. The Morgan fingerprint density at radius 1 is 1.22 bits per heavy atom. The maximum atomic E-state index is 13.8. The zero-order valence-electron chi connectivity index (χ0n) is 9.86. The number of methoxy groups -OCH3 is 2. The van der Waals surface area contributed by atoms with E-state index in [1.165, 1.54) is 20.5 Å². The van der Waals surface area contributed by atoms with Crippen molar-refractivity contribution in [2.24, 2.45) is 0 Å². The first-order valence-corrected chi connectivity index (χ1v) is 5.53. The van der Waals surface area contributed by atoms with Gasteiger partial charge in [0.15, 0.2) is 22.0 Å². The number of benzene rings is 1. The zero-order chi connectivity index (χ0) is 13.1. The van der Waals surface area contributed by atoms with Gasteiger partial charge in [-0.3, -0.25) is 0 Å². The van der Waals surface area contributed by atoms with E-state index >= 15 is 0 Å². The molecule has 0 fully saturated rings. The van der Waals surface area contributed by atoms with Gasteiger partial charge in [-0.15, -0.1) is 0 Å². The molecule has 0 unspecified atom stereocenters. The molecule has 2 aromatic rings. The molecule has 0 aliphatic heterocycles. The highest BCUT2D eigenvalue weighted by Crippen LogP contribution is 2.32. The molecule has 0 saturated heterocycles. The van der Waals surface area contributed by atoms with Crippen LogP contribution in [-0.2, 0) is 0 Å². The largest absolute Gasteiger partial charge is 0.493 e. The summed E-state index contributed by atoms with van der Waals surface area (Å²) < 4.78 is 24.0. The van der Waals surface area contributed by atoms with Crippen molar-refractivity contribution in [3.63, 3.8) is 0 Å². The molecule has 0 atom stereocenters. The van der Waals surface area contributed by atoms with Crippen molar-refractivity contribution in [3.8, 4) is 22.8 Å². The van der Waals surface area contributed by atoms with Crippen LogP contribution in [0.15, 0.2) is 24.5 Å². The van der Waals surface area contributed by atoms with Gasteiger partial charge in [0.05, 0.1) is 26.2 Å². The Kier molecular flexibility index (Phi) is 3.57. The quantitative estimate of drug-likeness (QED) is 0.868. The number of ether oxygens (including phenoxy) is 2. The molecule has 1 aromatic heterocycles. The Morgan fingerprint density at radius 3 is 2.61 bits per heavy atom. The first kappa shape index (κ1) is 12.5. The first-order valence-electron chi connectivity index (χ1n) is 5.13. The molecule has 94 valence electrons. The predicted octanol–water partition coefficient (Wildman–Crippen LogP) is 2.96. The molecule has 2 rings (SSSR count). The maximum absolute atomic E-state index is 13.8. The van der Waals surface area contributed by atoms with Gasteiger partial charge in [-0.25, -0.2) is 9.37 Å². The van der Waals surface area contributed by atoms with E-state index in [-0.39, 0.29) is 10.3 Å². The normalized spacial score (nSPS) is 10.2. The number of nitrogens with zero attached hydrogens (tertiary/aromatic N) is 1. The summed E-state index contributed by atoms with van der Waals surface area (Å²) in [6.45, 7) is 0. The average molecular weight is 266 g/mol. The summed E-state index contributed by atoms with van der Waals surface area (Å²) in [6, 6.07) is 5.08. The van der Waals surface area contributed by atoms with Crippen LogP contribution in [0.1, 0.15) is 0 Å². The minimum atomic E-state index is -0.556. The van der Waals surface area contributed by atoms with Crippen LogP contribution < -0.4 is 9.47 Å². The number of hydrogen-bond acceptors (Lipinski definition) is 4. The minimum absolute atomic E-state index is 0.0708. The molecule has 18 heavy (non-hydrogen) atoms. The lowest BCUT2D eigenvalue weighted by atomic mass is 10.1. The van der Waals surface area contributed by atoms with Crippen LogP contribution in [0.5, 0.6) is 11.5 Å². The van der Waals surface area contributed by atoms with Gasteiger partial charge in [-0.05, 0) is 18.2 Å². The number of aromatic amines is 1. The summed E-state index contributed by atoms with van der Waals surface area (Å²) in [5, 5.41) is 0. The summed E-state index contributed by atoms with van der Waals surface area (Å²) in [4.78, 5) is 6.40. The van der Waals surface area contributed by atoms with Gasteiger partial charge in [0.25, 0.3) is 0 Å². The highest BCUT2D eigenvalue weighted by atomic mass is 32.1. The molecule has 1 aromatic carbocycles. The number of rotatable bonds is 3. The number of H-pyrrole nitrogens is 1. The second-order valence-corrected chi connectivity index (χ2v) is 3.85. The van der Waals surface area contributed by atoms with Crippen LogP contribution in [0.2, 0.25) is 0 Å². The van der Waals surface area contributed by atoms with E-state index in [0.717, 1.165) is 0 Å². The van der Waals surface area contributed by atoms with Crippen molar-refractivity contribution < 1.29 is 13.9 Å². The maximum Gasteiger partial charge on any atom is 0.183 e. The summed E-state index contributed by atoms with van der Waals surface area (Å²) >= 11 is 4.79. The molecule has 0 amide bonds. The monoisotopic (exact) mass is 266 g/mol. The van der Waals surface area contributed by atoms with Crippen LogP contribution in [0.3, 0.4) is 0 Å². The second-order valence-electron chi connectivity index (χ2n) is 3.47. The fourth-order valence-electron chi connectivity index (χ4n) is 1.58. The van der Waals surface area contributed by atoms with Crippen LogP contribution in [0.4, 0.5) is 4.39 Å². The first-order chi connectivity index (χ1) is 8.67. The van der Waals surface area contributed by atoms with Gasteiger partial charge in [0, 0.05) is 5.56 Å². The lowest BCUT2D eigenvalue weighted by molar-refractivity contribution is 0.355. The third-order valence-electron chi connectivity index (χ3n) is 2.47. The lowest BCUT2D eigenvalue weighted by Crippen LogP contribution is -1.95. The zero-order valence-corrected chi connectivity index (χ0v) is 10.7. The van der Waals surface area contributed by atoms with E-state index in [9.17, 15) is 4.39 Å². The Bertz CT molecular complexity index is 628. The fourth-order valence-corrected chi connectivity index (χ4v) is 1.74. The molecule has 0 radical (unpaired) electrons. The van der Waals surface area contributed by atoms with Gasteiger partial charge in [0.1, 0.15) is 0 Å². The summed E-state index contributed by atoms with van der Waals surface area (Å²) in [5.74, 6) is 0.541. The van der Waals surface area contributed by atoms with Gasteiger partial charge in [0.2, 0.25) is 0 Å². The summed E-state index contributed by atoms with van der Waals surface area (Å²) in [5.41, 5.74) is 0.884. The van der Waals surface area contributed by atoms with Crippen molar-refractivity contribution in [2.45, 2.75) is 0 Å². The lowest BCUT2D eigenvalue weighted by Gasteiger charge is -2.09. The number of hydrogen-bond donors (Lipinski definition) is 1. The van der Waals surface area contributed by atoms with Crippen LogP contribution in [0.25, 0.3) is 11.3 Å². The van der Waals surface area contributed by atoms with Crippen molar-refractivity contribution in [2.75, 3.05) is 14.2 Å². The summed E-state index contributed by atoms with van der Waals surface area (Å²) in [7, 11) is 3.06. The van der Waals surface area contributed by atoms with E-state index in [0.29, 0.717) is 17.1 Å². The van der Waals surface area contributed by atoms with Crippen molar-refractivity contribution >= 4 is 12.2 Å². The van der Waals surface area contributed by atoms with Crippen LogP contribution >= 0.6 is 12.2 Å². The Morgan fingerprint density at radius 2 is 1.94 bits per heavy atom. The van der Waals surface area contributed by atoms with Gasteiger partial charge < -0.3 is 14.5 Å². The fraction of sp³-hybridized carbons (Fsp3) is 0.167. The van der Waals surface area contributed by atoms with Crippen LogP contribution in [-0.4, -0.2) is 24.2 Å². The third-order valence-corrected chi connectivity index (χ3v) is 2.75. The molecule has 1 N–H and O–H groups in total.